The Morgan fingerprint density at radius 1 is 1.13 bits per heavy atom. The molecule has 78 valence electrons. The van der Waals surface area contributed by atoms with Gasteiger partial charge in [-0.3, -0.25) is 4.79 Å². The first kappa shape index (κ1) is 9.97. The molecule has 1 aliphatic rings. The lowest BCUT2D eigenvalue weighted by Gasteiger charge is -2.32. The summed E-state index contributed by atoms with van der Waals surface area (Å²) < 4.78 is 0. The van der Waals surface area contributed by atoms with Crippen LogP contribution in [0.1, 0.15) is 36.7 Å². The Labute approximate surface area is 90.2 Å². The Hall–Kier alpha value is -1.57. The molecule has 1 heterocycles. The lowest BCUT2D eigenvalue weighted by molar-refractivity contribution is 0.0749. The number of amides is 1. The first-order chi connectivity index (χ1) is 6.93. The third kappa shape index (κ3) is 1.37. The molecular formula is C13H15NO. The van der Waals surface area contributed by atoms with E-state index in [1.807, 2.05) is 45.0 Å². The molecule has 15 heavy (non-hydrogen) atoms. The van der Waals surface area contributed by atoms with E-state index in [1.54, 1.807) is 4.90 Å². The third-order valence-corrected chi connectivity index (χ3v) is 2.61. The van der Waals surface area contributed by atoms with E-state index < -0.39 is 0 Å². The van der Waals surface area contributed by atoms with Crippen molar-refractivity contribution in [2.75, 3.05) is 0 Å². The highest BCUT2D eigenvalue weighted by molar-refractivity contribution is 6.09. The van der Waals surface area contributed by atoms with Crippen molar-refractivity contribution in [2.45, 2.75) is 26.3 Å². The Morgan fingerprint density at radius 2 is 1.67 bits per heavy atom. The van der Waals surface area contributed by atoms with Crippen molar-refractivity contribution < 1.29 is 4.79 Å². The van der Waals surface area contributed by atoms with Crippen LogP contribution >= 0.6 is 0 Å². The van der Waals surface area contributed by atoms with Crippen LogP contribution in [0.15, 0.2) is 30.8 Å². The van der Waals surface area contributed by atoms with E-state index in [-0.39, 0.29) is 11.4 Å². The van der Waals surface area contributed by atoms with Gasteiger partial charge < -0.3 is 4.90 Å². The van der Waals surface area contributed by atoms with Gasteiger partial charge in [-0.25, -0.2) is 0 Å². The van der Waals surface area contributed by atoms with E-state index in [1.165, 1.54) is 0 Å². The number of rotatable bonds is 0. The van der Waals surface area contributed by atoms with Gasteiger partial charge in [0, 0.05) is 22.4 Å². The SMILES string of the molecule is C=C1c2ccccc2C(=O)N1C(C)(C)C. The van der Waals surface area contributed by atoms with Gasteiger partial charge in [-0.05, 0) is 26.8 Å². The standard InChI is InChI=1S/C13H15NO/c1-9-10-7-5-6-8-11(10)12(15)14(9)13(2,3)4/h5-8H,1H2,2-4H3. The summed E-state index contributed by atoms with van der Waals surface area (Å²) in [6.07, 6.45) is 0. The molecule has 0 fully saturated rings. The lowest BCUT2D eigenvalue weighted by atomic mass is 10.1. The van der Waals surface area contributed by atoms with Gasteiger partial charge in [0.2, 0.25) is 0 Å². The Kier molecular flexibility index (Phi) is 1.97. The van der Waals surface area contributed by atoms with Crippen LogP contribution in [0.3, 0.4) is 0 Å². The van der Waals surface area contributed by atoms with E-state index in [4.69, 9.17) is 0 Å². The van der Waals surface area contributed by atoms with Gasteiger partial charge in [-0.2, -0.15) is 0 Å². The summed E-state index contributed by atoms with van der Waals surface area (Å²) >= 11 is 0. The van der Waals surface area contributed by atoms with Crippen molar-refractivity contribution in [3.63, 3.8) is 0 Å². The second-order valence-corrected chi connectivity index (χ2v) is 4.80. The zero-order valence-electron chi connectivity index (χ0n) is 9.37. The molecule has 2 rings (SSSR count). The first-order valence-corrected chi connectivity index (χ1v) is 5.06. The van der Waals surface area contributed by atoms with Gasteiger partial charge >= 0.3 is 0 Å². The molecule has 0 unspecified atom stereocenters. The van der Waals surface area contributed by atoms with Gasteiger partial charge in [0.25, 0.3) is 5.91 Å². The van der Waals surface area contributed by atoms with Crippen LogP contribution in [-0.4, -0.2) is 16.3 Å². The molecule has 0 aliphatic carbocycles. The molecule has 0 radical (unpaired) electrons. The Morgan fingerprint density at radius 3 is 2.13 bits per heavy atom. The van der Waals surface area contributed by atoms with Crippen molar-refractivity contribution in [1.29, 1.82) is 0 Å². The molecule has 1 aromatic carbocycles. The molecule has 1 aliphatic heterocycles. The number of carbonyl (C=O) groups is 1. The molecule has 0 spiro atoms. The van der Waals surface area contributed by atoms with Crippen LogP contribution in [0.25, 0.3) is 5.70 Å². The van der Waals surface area contributed by atoms with E-state index in [0.717, 1.165) is 16.8 Å². The van der Waals surface area contributed by atoms with Crippen LogP contribution < -0.4 is 0 Å². The maximum Gasteiger partial charge on any atom is 0.259 e. The quantitative estimate of drug-likeness (QED) is 0.632. The summed E-state index contributed by atoms with van der Waals surface area (Å²) in [5.74, 6) is 0.0584. The lowest BCUT2D eigenvalue weighted by Crippen LogP contribution is -2.40. The second kappa shape index (κ2) is 2.96. The maximum absolute atomic E-state index is 12.1. The van der Waals surface area contributed by atoms with Gasteiger partial charge in [-0.15, -0.1) is 0 Å². The van der Waals surface area contributed by atoms with E-state index in [0.29, 0.717) is 0 Å². The van der Waals surface area contributed by atoms with E-state index in [2.05, 4.69) is 6.58 Å². The average molecular weight is 201 g/mol. The highest BCUT2D eigenvalue weighted by Gasteiger charge is 2.37. The number of hydrogen-bond acceptors (Lipinski definition) is 1. The number of fused-ring (bicyclic) bond motifs is 1. The fraction of sp³-hybridized carbons (Fsp3) is 0.308. The molecule has 2 heteroatoms. The highest BCUT2D eigenvalue weighted by Crippen LogP contribution is 2.36. The van der Waals surface area contributed by atoms with Gasteiger partial charge in [0.05, 0.1) is 0 Å². The minimum atomic E-state index is -0.215. The number of nitrogens with zero attached hydrogens (tertiary/aromatic N) is 1. The fourth-order valence-corrected chi connectivity index (χ4v) is 1.99. The summed E-state index contributed by atoms with van der Waals surface area (Å²) in [6, 6.07) is 7.62. The van der Waals surface area contributed by atoms with Gasteiger partial charge in [0.15, 0.2) is 0 Å². The second-order valence-electron chi connectivity index (χ2n) is 4.80. The molecule has 0 saturated carbocycles. The van der Waals surface area contributed by atoms with Crippen LogP contribution in [0.4, 0.5) is 0 Å². The summed E-state index contributed by atoms with van der Waals surface area (Å²) in [5.41, 5.74) is 2.31. The monoisotopic (exact) mass is 201 g/mol. The molecule has 0 bridgehead atoms. The number of carbonyl (C=O) groups excluding carboxylic acids is 1. The Balaban J connectivity index is 2.55. The minimum absolute atomic E-state index is 0.0584. The predicted octanol–water partition coefficient (Wildman–Crippen LogP) is 2.91. The van der Waals surface area contributed by atoms with Crippen molar-refractivity contribution in [1.82, 2.24) is 4.90 Å². The van der Waals surface area contributed by atoms with Crippen molar-refractivity contribution in [2.24, 2.45) is 0 Å². The minimum Gasteiger partial charge on any atom is -0.303 e. The molecule has 1 aromatic rings. The van der Waals surface area contributed by atoms with Gasteiger partial charge in [0.1, 0.15) is 0 Å². The predicted molar refractivity (Wildman–Crippen MR) is 61.4 cm³/mol. The number of benzene rings is 1. The van der Waals surface area contributed by atoms with E-state index in [9.17, 15) is 4.79 Å². The van der Waals surface area contributed by atoms with Crippen LogP contribution in [-0.2, 0) is 0 Å². The summed E-state index contributed by atoms with van der Waals surface area (Å²) in [6.45, 7) is 10.0. The first-order valence-electron chi connectivity index (χ1n) is 5.06. The topological polar surface area (TPSA) is 20.3 Å². The van der Waals surface area contributed by atoms with Crippen molar-refractivity contribution in [3.8, 4) is 0 Å². The summed E-state index contributed by atoms with van der Waals surface area (Å²) in [5, 5.41) is 0. The molecule has 2 nitrogen and oxygen atoms in total. The van der Waals surface area contributed by atoms with Crippen LogP contribution in [0.5, 0.6) is 0 Å². The molecule has 1 amide bonds. The Bertz CT molecular complexity index is 405. The van der Waals surface area contributed by atoms with Crippen LogP contribution in [0.2, 0.25) is 0 Å². The molecule has 0 aromatic heterocycles. The molecule has 0 saturated heterocycles. The summed E-state index contributed by atoms with van der Waals surface area (Å²) in [4.78, 5) is 13.9. The molecule has 0 N–H and O–H groups in total. The fourth-order valence-electron chi connectivity index (χ4n) is 1.99. The zero-order valence-corrected chi connectivity index (χ0v) is 9.37. The third-order valence-electron chi connectivity index (χ3n) is 2.61. The smallest absolute Gasteiger partial charge is 0.259 e. The largest absolute Gasteiger partial charge is 0.303 e. The van der Waals surface area contributed by atoms with Crippen molar-refractivity contribution in [3.05, 3.63) is 42.0 Å². The van der Waals surface area contributed by atoms with Gasteiger partial charge in [-0.1, -0.05) is 24.8 Å². The number of hydrogen-bond donors (Lipinski definition) is 0. The zero-order chi connectivity index (χ0) is 11.2. The van der Waals surface area contributed by atoms with Crippen molar-refractivity contribution >= 4 is 11.6 Å². The summed E-state index contributed by atoms with van der Waals surface area (Å²) in [7, 11) is 0. The maximum atomic E-state index is 12.1. The molecular weight excluding hydrogens is 186 g/mol. The highest BCUT2D eigenvalue weighted by atomic mass is 16.2. The average Bonchev–Trinajstić information content (AvgIpc) is 2.39. The molecule has 0 atom stereocenters. The van der Waals surface area contributed by atoms with Crippen LogP contribution in [0, 0.1) is 0 Å². The van der Waals surface area contributed by atoms with E-state index >= 15 is 0 Å². The normalized spacial score (nSPS) is 15.8.